The molecule has 0 atom stereocenters. The summed E-state index contributed by atoms with van der Waals surface area (Å²) in [5.74, 6) is -0.337. The van der Waals surface area contributed by atoms with Gasteiger partial charge in [-0.2, -0.15) is 10.1 Å². The van der Waals surface area contributed by atoms with Crippen molar-refractivity contribution in [1.82, 2.24) is 14.6 Å². The largest absolute Gasteiger partial charge is 0.493 e. The zero-order valence-corrected chi connectivity index (χ0v) is 8.71. The standard InChI is InChI=1S/C12H8FN3O/c13-9-3-1-8(2-4-9)10-7-11-14-12(17)5-6-16(11)15-10/h1-7H,(H,14,17). The van der Waals surface area contributed by atoms with Gasteiger partial charge in [-0.1, -0.05) is 0 Å². The van der Waals surface area contributed by atoms with Crippen molar-refractivity contribution in [3.63, 3.8) is 0 Å². The Hall–Kier alpha value is -2.43. The summed E-state index contributed by atoms with van der Waals surface area (Å²) in [7, 11) is 0. The highest BCUT2D eigenvalue weighted by Crippen LogP contribution is 2.20. The minimum Gasteiger partial charge on any atom is -0.493 e. The summed E-state index contributed by atoms with van der Waals surface area (Å²) >= 11 is 0. The van der Waals surface area contributed by atoms with E-state index in [9.17, 15) is 9.50 Å². The summed E-state index contributed by atoms with van der Waals surface area (Å²) in [5, 5.41) is 13.5. The first-order valence-corrected chi connectivity index (χ1v) is 5.04. The van der Waals surface area contributed by atoms with Gasteiger partial charge < -0.3 is 5.11 Å². The second-order valence-corrected chi connectivity index (χ2v) is 3.62. The maximum atomic E-state index is 12.8. The smallest absolute Gasteiger partial charge is 0.214 e. The molecule has 0 amide bonds. The lowest BCUT2D eigenvalue weighted by Crippen LogP contribution is -1.88. The molecule has 0 spiro atoms. The highest BCUT2D eigenvalue weighted by Gasteiger charge is 2.05. The van der Waals surface area contributed by atoms with Gasteiger partial charge in [-0.05, 0) is 24.3 Å². The molecule has 84 valence electrons. The van der Waals surface area contributed by atoms with E-state index in [1.54, 1.807) is 28.9 Å². The third kappa shape index (κ3) is 1.71. The summed E-state index contributed by atoms with van der Waals surface area (Å²) in [6, 6.07) is 9.24. The number of hydrogen-bond donors (Lipinski definition) is 1. The number of benzene rings is 1. The van der Waals surface area contributed by atoms with Crippen molar-refractivity contribution >= 4 is 5.65 Å². The van der Waals surface area contributed by atoms with Gasteiger partial charge in [-0.25, -0.2) is 8.91 Å². The molecule has 17 heavy (non-hydrogen) atoms. The fourth-order valence-corrected chi connectivity index (χ4v) is 1.63. The van der Waals surface area contributed by atoms with Crippen molar-refractivity contribution in [2.45, 2.75) is 0 Å². The summed E-state index contributed by atoms with van der Waals surface area (Å²) < 4.78 is 14.3. The monoisotopic (exact) mass is 229 g/mol. The van der Waals surface area contributed by atoms with Crippen molar-refractivity contribution in [3.8, 4) is 17.1 Å². The Bertz CT molecular complexity index is 676. The second-order valence-electron chi connectivity index (χ2n) is 3.62. The zero-order valence-electron chi connectivity index (χ0n) is 8.71. The quantitative estimate of drug-likeness (QED) is 0.696. The first kappa shape index (κ1) is 9.77. The molecule has 2 aromatic heterocycles. The summed E-state index contributed by atoms with van der Waals surface area (Å²) in [5.41, 5.74) is 2.03. The van der Waals surface area contributed by atoms with Gasteiger partial charge in [-0.3, -0.25) is 0 Å². The molecule has 1 aromatic carbocycles. The molecule has 0 fully saturated rings. The first-order chi connectivity index (χ1) is 8.22. The number of aromatic hydroxyl groups is 1. The van der Waals surface area contributed by atoms with E-state index in [-0.39, 0.29) is 11.7 Å². The zero-order chi connectivity index (χ0) is 11.8. The molecular weight excluding hydrogens is 221 g/mol. The van der Waals surface area contributed by atoms with Crippen molar-refractivity contribution in [2.75, 3.05) is 0 Å². The molecule has 0 bridgehead atoms. The molecule has 3 aromatic rings. The van der Waals surface area contributed by atoms with Crippen LogP contribution in [0.5, 0.6) is 5.88 Å². The lowest BCUT2D eigenvalue weighted by atomic mass is 10.1. The predicted molar refractivity (Wildman–Crippen MR) is 60.0 cm³/mol. The SMILES string of the molecule is Oc1ccn2nc(-c3ccc(F)cc3)cc2n1. The van der Waals surface area contributed by atoms with Crippen LogP contribution in [0.3, 0.4) is 0 Å². The molecule has 0 aliphatic carbocycles. The topological polar surface area (TPSA) is 50.4 Å². The van der Waals surface area contributed by atoms with Gasteiger partial charge in [-0.15, -0.1) is 0 Å². The Kier molecular flexibility index (Phi) is 2.04. The van der Waals surface area contributed by atoms with Gasteiger partial charge in [0, 0.05) is 23.9 Å². The van der Waals surface area contributed by atoms with Crippen LogP contribution in [0.1, 0.15) is 0 Å². The van der Waals surface area contributed by atoms with E-state index in [1.165, 1.54) is 18.2 Å². The highest BCUT2D eigenvalue weighted by atomic mass is 19.1. The van der Waals surface area contributed by atoms with Crippen LogP contribution in [0.2, 0.25) is 0 Å². The average molecular weight is 229 g/mol. The minimum absolute atomic E-state index is 0.0527. The van der Waals surface area contributed by atoms with Crippen molar-refractivity contribution in [2.24, 2.45) is 0 Å². The van der Waals surface area contributed by atoms with Gasteiger partial charge >= 0.3 is 0 Å². The Morgan fingerprint density at radius 3 is 2.65 bits per heavy atom. The molecule has 3 rings (SSSR count). The molecule has 1 N–H and O–H groups in total. The van der Waals surface area contributed by atoms with Crippen molar-refractivity contribution in [3.05, 3.63) is 48.4 Å². The van der Waals surface area contributed by atoms with Gasteiger partial charge in [0.25, 0.3) is 0 Å². The second kappa shape index (κ2) is 3.55. The van der Waals surface area contributed by atoms with Crippen molar-refractivity contribution in [1.29, 1.82) is 0 Å². The van der Waals surface area contributed by atoms with Gasteiger partial charge in [0.1, 0.15) is 5.82 Å². The van der Waals surface area contributed by atoms with Crippen LogP contribution in [-0.2, 0) is 0 Å². The van der Waals surface area contributed by atoms with Gasteiger partial charge in [0.05, 0.1) is 5.69 Å². The molecule has 2 heterocycles. The van der Waals surface area contributed by atoms with Crippen molar-refractivity contribution < 1.29 is 9.50 Å². The van der Waals surface area contributed by atoms with Crippen LogP contribution < -0.4 is 0 Å². The third-order valence-electron chi connectivity index (χ3n) is 2.45. The number of hydrogen-bond acceptors (Lipinski definition) is 3. The van der Waals surface area contributed by atoms with E-state index >= 15 is 0 Å². The first-order valence-electron chi connectivity index (χ1n) is 5.04. The normalized spacial score (nSPS) is 10.9. The summed E-state index contributed by atoms with van der Waals surface area (Å²) in [4.78, 5) is 3.92. The molecule has 0 radical (unpaired) electrons. The van der Waals surface area contributed by atoms with Crippen LogP contribution in [0.25, 0.3) is 16.9 Å². The molecule has 0 unspecified atom stereocenters. The van der Waals surface area contributed by atoms with E-state index in [1.807, 2.05) is 0 Å². The van der Waals surface area contributed by atoms with Crippen LogP contribution in [0.15, 0.2) is 42.6 Å². The van der Waals surface area contributed by atoms with E-state index in [4.69, 9.17) is 0 Å². The number of rotatable bonds is 1. The highest BCUT2D eigenvalue weighted by molar-refractivity contribution is 5.64. The fourth-order valence-electron chi connectivity index (χ4n) is 1.63. The molecule has 0 aliphatic heterocycles. The van der Waals surface area contributed by atoms with Crippen LogP contribution in [0, 0.1) is 5.82 Å². The maximum Gasteiger partial charge on any atom is 0.214 e. The third-order valence-corrected chi connectivity index (χ3v) is 2.45. The van der Waals surface area contributed by atoms with Crippen LogP contribution >= 0.6 is 0 Å². The number of halogens is 1. The number of aromatic nitrogens is 3. The molecular formula is C12H8FN3O. The van der Waals surface area contributed by atoms with Gasteiger partial charge in [0.2, 0.25) is 5.88 Å². The van der Waals surface area contributed by atoms with Crippen LogP contribution in [-0.4, -0.2) is 19.7 Å². The molecule has 4 nitrogen and oxygen atoms in total. The van der Waals surface area contributed by atoms with E-state index < -0.39 is 0 Å². The maximum absolute atomic E-state index is 12.8. The Labute approximate surface area is 96.0 Å². The molecule has 0 saturated carbocycles. The summed E-state index contributed by atoms with van der Waals surface area (Å²) in [6.07, 6.45) is 1.62. The molecule has 5 heteroatoms. The van der Waals surface area contributed by atoms with E-state index in [0.29, 0.717) is 11.3 Å². The summed E-state index contributed by atoms with van der Waals surface area (Å²) in [6.45, 7) is 0. The lowest BCUT2D eigenvalue weighted by molar-refractivity contribution is 0.453. The lowest BCUT2D eigenvalue weighted by Gasteiger charge is -1.94. The number of nitrogens with zero attached hydrogens (tertiary/aromatic N) is 3. The van der Waals surface area contributed by atoms with E-state index in [0.717, 1.165) is 5.56 Å². The van der Waals surface area contributed by atoms with Gasteiger partial charge in [0.15, 0.2) is 5.65 Å². The molecule has 0 aliphatic rings. The predicted octanol–water partition coefficient (Wildman–Crippen LogP) is 2.24. The fraction of sp³-hybridized carbons (Fsp3) is 0. The number of fused-ring (bicyclic) bond motifs is 1. The molecule has 0 saturated heterocycles. The average Bonchev–Trinajstić information content (AvgIpc) is 2.72. The Balaban J connectivity index is 2.14. The van der Waals surface area contributed by atoms with Crippen LogP contribution in [0.4, 0.5) is 4.39 Å². The Morgan fingerprint density at radius 2 is 1.88 bits per heavy atom. The van der Waals surface area contributed by atoms with E-state index in [2.05, 4.69) is 10.1 Å². The minimum atomic E-state index is -0.284. The Morgan fingerprint density at radius 1 is 1.12 bits per heavy atom.